The van der Waals surface area contributed by atoms with Gasteiger partial charge in [-0.3, -0.25) is 14.4 Å². The Morgan fingerprint density at radius 3 is 0.732 bits per heavy atom. The lowest BCUT2D eigenvalue weighted by Gasteiger charge is -2.18. The van der Waals surface area contributed by atoms with Gasteiger partial charge in [0.25, 0.3) is 0 Å². The maximum absolute atomic E-state index is 12.9. The van der Waals surface area contributed by atoms with E-state index in [1.165, 1.54) is 244 Å². The van der Waals surface area contributed by atoms with Crippen molar-refractivity contribution in [1.82, 2.24) is 0 Å². The highest BCUT2D eigenvalue weighted by Gasteiger charge is 2.19. The molecule has 71 heavy (non-hydrogen) atoms. The molecule has 0 aromatic rings. The van der Waals surface area contributed by atoms with Gasteiger partial charge in [0.1, 0.15) is 13.2 Å². The van der Waals surface area contributed by atoms with E-state index >= 15 is 0 Å². The predicted octanol–water partition coefficient (Wildman–Crippen LogP) is 21.5. The number of hydrogen-bond donors (Lipinski definition) is 0. The van der Waals surface area contributed by atoms with E-state index < -0.39 is 6.10 Å². The van der Waals surface area contributed by atoms with Crippen LogP contribution >= 0.6 is 0 Å². The molecule has 0 aliphatic rings. The molecule has 0 fully saturated rings. The SMILES string of the molecule is CCC(C)CCCCCCCCCCCCC(=O)O[C@@H](COC(=O)CCCCCCCCCCCCCCCCCCCCC(C)C)COC(=O)CCCCCCCCCCCCCCCCCC(C)C. The molecular weight excluding hydrogens is 877 g/mol. The second kappa shape index (κ2) is 56.1. The molecule has 6 nitrogen and oxygen atoms in total. The van der Waals surface area contributed by atoms with Crippen molar-refractivity contribution in [2.45, 2.75) is 369 Å². The minimum Gasteiger partial charge on any atom is -0.462 e. The van der Waals surface area contributed by atoms with E-state index in [1.807, 2.05) is 0 Å². The maximum atomic E-state index is 12.9. The lowest BCUT2D eigenvalue weighted by atomic mass is 9.99. The third-order valence-electron chi connectivity index (χ3n) is 15.3. The van der Waals surface area contributed by atoms with Crippen LogP contribution in [0.3, 0.4) is 0 Å². The second-order valence-electron chi connectivity index (χ2n) is 23.6. The van der Waals surface area contributed by atoms with Gasteiger partial charge in [0.15, 0.2) is 6.10 Å². The number of unbranched alkanes of at least 4 members (excludes halogenated alkanes) is 40. The summed E-state index contributed by atoms with van der Waals surface area (Å²) in [5, 5.41) is 0. The summed E-state index contributed by atoms with van der Waals surface area (Å²) in [7, 11) is 0. The molecule has 6 heteroatoms. The van der Waals surface area contributed by atoms with Crippen molar-refractivity contribution in [1.29, 1.82) is 0 Å². The molecule has 0 aromatic heterocycles. The fraction of sp³-hybridized carbons (Fsp3) is 0.954. The van der Waals surface area contributed by atoms with Crippen LogP contribution in [0.5, 0.6) is 0 Å². The number of esters is 3. The molecule has 0 amide bonds. The highest BCUT2D eigenvalue weighted by molar-refractivity contribution is 5.71. The molecule has 0 aromatic carbocycles. The summed E-state index contributed by atoms with van der Waals surface area (Å²) in [4.78, 5) is 38.3. The highest BCUT2D eigenvalue weighted by atomic mass is 16.6. The van der Waals surface area contributed by atoms with Gasteiger partial charge in [-0.05, 0) is 37.0 Å². The van der Waals surface area contributed by atoms with Gasteiger partial charge in [-0.15, -0.1) is 0 Å². The molecule has 2 atom stereocenters. The molecule has 0 saturated heterocycles. The number of hydrogen-bond acceptors (Lipinski definition) is 6. The molecule has 0 saturated carbocycles. The fourth-order valence-corrected chi connectivity index (χ4v) is 10.0. The standard InChI is InChI=1S/C65H126O6/c1-7-61(6)53-47-41-35-29-25-26-32-38-44-50-56-65(68)71-62(58-70-64(67)55-49-43-37-31-24-20-16-12-14-18-22-28-34-40-46-52-60(4)5)57-69-63(66)54-48-42-36-30-23-19-15-11-9-8-10-13-17-21-27-33-39-45-51-59(2)3/h59-62H,7-58H2,1-6H3/t61?,62-/m0/s1. The van der Waals surface area contributed by atoms with Gasteiger partial charge in [0.2, 0.25) is 0 Å². The Kier molecular flexibility index (Phi) is 54.9. The molecule has 0 aliphatic carbocycles. The first kappa shape index (κ1) is 69.4. The molecule has 0 aliphatic heterocycles. The third-order valence-corrected chi connectivity index (χ3v) is 15.3. The monoisotopic (exact) mass is 1000 g/mol. The van der Waals surface area contributed by atoms with Crippen LogP contribution in [0.25, 0.3) is 0 Å². The normalized spacial score (nSPS) is 12.5. The van der Waals surface area contributed by atoms with E-state index in [-0.39, 0.29) is 31.1 Å². The van der Waals surface area contributed by atoms with Crippen molar-refractivity contribution in [2.24, 2.45) is 17.8 Å². The predicted molar refractivity (Wildman–Crippen MR) is 307 cm³/mol. The summed E-state index contributed by atoms with van der Waals surface area (Å²) in [6, 6.07) is 0. The lowest BCUT2D eigenvalue weighted by Crippen LogP contribution is -2.30. The quantitative estimate of drug-likeness (QED) is 0.0343. The minimum absolute atomic E-state index is 0.0628. The number of carbonyl (C=O) groups excluding carboxylic acids is 3. The average molecular weight is 1000 g/mol. The highest BCUT2D eigenvalue weighted by Crippen LogP contribution is 2.19. The van der Waals surface area contributed by atoms with Gasteiger partial charge in [0.05, 0.1) is 0 Å². The molecule has 0 rings (SSSR count). The zero-order valence-electron chi connectivity index (χ0n) is 49.0. The molecule has 422 valence electrons. The van der Waals surface area contributed by atoms with Gasteiger partial charge < -0.3 is 14.2 Å². The Morgan fingerprint density at radius 2 is 0.493 bits per heavy atom. The fourth-order valence-electron chi connectivity index (χ4n) is 10.0. The number of ether oxygens (including phenoxy) is 3. The van der Waals surface area contributed by atoms with E-state index in [4.69, 9.17) is 14.2 Å². The Hall–Kier alpha value is -1.59. The van der Waals surface area contributed by atoms with Gasteiger partial charge in [-0.2, -0.15) is 0 Å². The molecular formula is C65H126O6. The van der Waals surface area contributed by atoms with Gasteiger partial charge in [0, 0.05) is 19.3 Å². The van der Waals surface area contributed by atoms with Crippen LogP contribution in [-0.2, 0) is 28.6 Å². The van der Waals surface area contributed by atoms with Gasteiger partial charge in [-0.1, -0.05) is 324 Å². The average Bonchev–Trinajstić information content (AvgIpc) is 3.35. The summed E-state index contributed by atoms with van der Waals surface area (Å²) in [6.07, 6.45) is 61.0. The Bertz CT molecular complexity index is 1100. The van der Waals surface area contributed by atoms with Crippen LogP contribution in [0, 0.1) is 17.8 Å². The van der Waals surface area contributed by atoms with Crippen LogP contribution < -0.4 is 0 Å². The first-order valence-corrected chi connectivity index (χ1v) is 32.1. The number of rotatable bonds is 58. The van der Waals surface area contributed by atoms with Crippen molar-refractivity contribution >= 4 is 17.9 Å². The molecule has 0 spiro atoms. The van der Waals surface area contributed by atoms with Crippen LogP contribution in [-0.4, -0.2) is 37.2 Å². The van der Waals surface area contributed by atoms with Crippen LogP contribution in [0.15, 0.2) is 0 Å². The topological polar surface area (TPSA) is 78.9 Å². The zero-order chi connectivity index (χ0) is 51.9. The van der Waals surface area contributed by atoms with Crippen molar-refractivity contribution in [3.63, 3.8) is 0 Å². The molecule has 1 unspecified atom stereocenters. The van der Waals surface area contributed by atoms with Crippen LogP contribution in [0.4, 0.5) is 0 Å². The smallest absolute Gasteiger partial charge is 0.306 e. The van der Waals surface area contributed by atoms with Crippen LogP contribution in [0.2, 0.25) is 0 Å². The first-order chi connectivity index (χ1) is 34.6. The third kappa shape index (κ3) is 57.5. The van der Waals surface area contributed by atoms with E-state index in [9.17, 15) is 14.4 Å². The minimum atomic E-state index is -0.765. The Balaban J connectivity index is 4.26. The summed E-state index contributed by atoms with van der Waals surface area (Å²) in [6.45, 7) is 13.8. The summed E-state index contributed by atoms with van der Waals surface area (Å²) in [5.41, 5.74) is 0. The largest absolute Gasteiger partial charge is 0.462 e. The first-order valence-electron chi connectivity index (χ1n) is 32.1. The van der Waals surface area contributed by atoms with Gasteiger partial charge >= 0.3 is 17.9 Å². The van der Waals surface area contributed by atoms with E-state index in [2.05, 4.69) is 41.5 Å². The zero-order valence-corrected chi connectivity index (χ0v) is 49.0. The van der Waals surface area contributed by atoms with E-state index in [1.54, 1.807) is 0 Å². The summed E-state index contributed by atoms with van der Waals surface area (Å²) in [5.74, 6) is 1.74. The molecule has 0 bridgehead atoms. The molecule has 0 radical (unpaired) electrons. The van der Waals surface area contributed by atoms with Crippen molar-refractivity contribution in [3.8, 4) is 0 Å². The second-order valence-corrected chi connectivity index (χ2v) is 23.6. The Morgan fingerprint density at radius 1 is 0.282 bits per heavy atom. The Labute approximate surface area is 444 Å². The van der Waals surface area contributed by atoms with Crippen molar-refractivity contribution in [2.75, 3.05) is 13.2 Å². The maximum Gasteiger partial charge on any atom is 0.306 e. The summed E-state index contributed by atoms with van der Waals surface area (Å²) < 4.78 is 17.0. The van der Waals surface area contributed by atoms with Crippen molar-refractivity contribution < 1.29 is 28.6 Å². The molecule has 0 heterocycles. The van der Waals surface area contributed by atoms with Crippen molar-refractivity contribution in [3.05, 3.63) is 0 Å². The van der Waals surface area contributed by atoms with E-state index in [0.717, 1.165) is 75.5 Å². The lowest BCUT2D eigenvalue weighted by molar-refractivity contribution is -0.167. The summed E-state index contributed by atoms with van der Waals surface area (Å²) >= 11 is 0. The van der Waals surface area contributed by atoms with E-state index in [0.29, 0.717) is 19.3 Å². The number of carbonyl (C=O) groups is 3. The molecule has 0 N–H and O–H groups in total. The van der Waals surface area contributed by atoms with Crippen LogP contribution in [0.1, 0.15) is 363 Å². The van der Waals surface area contributed by atoms with Gasteiger partial charge in [-0.25, -0.2) is 0 Å².